The first-order valence-corrected chi connectivity index (χ1v) is 8.28. The summed E-state index contributed by atoms with van der Waals surface area (Å²) in [5.41, 5.74) is 1.79. The van der Waals surface area contributed by atoms with Crippen molar-refractivity contribution in [3.8, 4) is 11.1 Å². The van der Waals surface area contributed by atoms with Crippen LogP contribution in [0.3, 0.4) is 0 Å². The fourth-order valence-corrected chi connectivity index (χ4v) is 3.95. The number of hydrogen-bond acceptors (Lipinski definition) is 4. The molecule has 2 heterocycles. The Labute approximate surface area is 129 Å². The number of rotatable bonds is 4. The first-order chi connectivity index (χ1) is 10.2. The average Bonchev–Trinajstić information content (AvgIpc) is 2.82. The minimum Gasteiger partial charge on any atom is -0.301 e. The summed E-state index contributed by atoms with van der Waals surface area (Å²) in [6.45, 7) is 1.55. The maximum atomic E-state index is 12.4. The topological polar surface area (TPSA) is 45.8 Å². The monoisotopic (exact) mass is 320 g/mol. The van der Waals surface area contributed by atoms with Gasteiger partial charge in [0.25, 0.3) is 5.56 Å². The number of aromatic amines is 1. The molecule has 1 aromatic carbocycles. The summed E-state index contributed by atoms with van der Waals surface area (Å²) in [6.07, 6.45) is 0. The van der Waals surface area contributed by atoms with E-state index in [1.807, 2.05) is 37.3 Å². The molecule has 0 aliphatic rings. The number of thioether (sulfide) groups is 1. The summed E-state index contributed by atoms with van der Waals surface area (Å²) in [4.78, 5) is 21.3. The normalized spacial score (nSPS) is 11.1. The largest absolute Gasteiger partial charge is 0.301 e. The van der Waals surface area contributed by atoms with Crippen molar-refractivity contribution in [1.29, 1.82) is 0 Å². The number of alkyl halides is 1. The Morgan fingerprint density at radius 2 is 2.10 bits per heavy atom. The van der Waals surface area contributed by atoms with Gasteiger partial charge in [0.15, 0.2) is 5.16 Å². The van der Waals surface area contributed by atoms with Gasteiger partial charge in [-0.05, 0) is 12.5 Å². The van der Waals surface area contributed by atoms with Gasteiger partial charge >= 0.3 is 0 Å². The Bertz CT molecular complexity index is 827. The van der Waals surface area contributed by atoms with Gasteiger partial charge in [-0.25, -0.2) is 4.98 Å². The SMILES string of the molecule is Cc1sc2nc(SCCF)[nH]c(=O)c2c1-c1ccccc1. The molecule has 2 aromatic heterocycles. The van der Waals surface area contributed by atoms with Gasteiger partial charge in [0.1, 0.15) is 4.83 Å². The number of nitrogens with zero attached hydrogens (tertiary/aromatic N) is 1. The van der Waals surface area contributed by atoms with Crippen molar-refractivity contribution in [2.24, 2.45) is 0 Å². The molecule has 0 saturated heterocycles. The molecule has 0 saturated carbocycles. The molecule has 6 heteroatoms. The highest BCUT2D eigenvalue weighted by molar-refractivity contribution is 7.99. The standard InChI is InChI=1S/C15H13FN2OS2/c1-9-11(10-5-3-2-4-6-10)12-13(19)17-15(20-8-7-16)18-14(12)21-9/h2-6H,7-8H2,1H3,(H,17,18,19). The zero-order valence-corrected chi connectivity index (χ0v) is 13.0. The Kier molecular flexibility index (Phi) is 4.07. The summed E-state index contributed by atoms with van der Waals surface area (Å²) >= 11 is 2.72. The molecule has 0 unspecified atom stereocenters. The van der Waals surface area contributed by atoms with E-state index in [0.717, 1.165) is 16.0 Å². The Morgan fingerprint density at radius 1 is 1.33 bits per heavy atom. The minimum atomic E-state index is -0.439. The number of benzene rings is 1. The molecular formula is C15H13FN2OS2. The summed E-state index contributed by atoms with van der Waals surface area (Å²) in [5.74, 6) is 0.296. The highest BCUT2D eigenvalue weighted by Gasteiger charge is 2.16. The summed E-state index contributed by atoms with van der Waals surface area (Å²) in [5, 5.41) is 1.10. The van der Waals surface area contributed by atoms with Gasteiger partial charge in [-0.1, -0.05) is 42.1 Å². The number of thiophene rings is 1. The van der Waals surface area contributed by atoms with Gasteiger partial charge in [0, 0.05) is 16.2 Å². The van der Waals surface area contributed by atoms with Crippen molar-refractivity contribution in [2.45, 2.75) is 12.1 Å². The van der Waals surface area contributed by atoms with Crippen molar-refractivity contribution in [3.63, 3.8) is 0 Å². The van der Waals surface area contributed by atoms with Crippen LogP contribution in [0.1, 0.15) is 4.88 Å². The Hall–Kier alpha value is -1.66. The lowest BCUT2D eigenvalue weighted by Crippen LogP contribution is -2.09. The van der Waals surface area contributed by atoms with Gasteiger partial charge in [-0.3, -0.25) is 9.18 Å². The van der Waals surface area contributed by atoms with E-state index in [9.17, 15) is 9.18 Å². The third-order valence-corrected chi connectivity index (χ3v) is 4.92. The van der Waals surface area contributed by atoms with Crippen molar-refractivity contribution >= 4 is 33.3 Å². The van der Waals surface area contributed by atoms with E-state index in [-0.39, 0.29) is 5.56 Å². The highest BCUT2D eigenvalue weighted by atomic mass is 32.2. The van der Waals surface area contributed by atoms with E-state index in [4.69, 9.17) is 0 Å². The zero-order valence-electron chi connectivity index (χ0n) is 11.4. The second-order valence-corrected chi connectivity index (χ2v) is 6.77. The number of aryl methyl sites for hydroxylation is 1. The molecule has 0 aliphatic carbocycles. The van der Waals surface area contributed by atoms with Gasteiger partial charge in [0.05, 0.1) is 12.1 Å². The van der Waals surface area contributed by atoms with Crippen molar-refractivity contribution in [2.75, 3.05) is 12.4 Å². The third kappa shape index (κ3) is 2.73. The number of hydrogen-bond donors (Lipinski definition) is 1. The maximum absolute atomic E-state index is 12.4. The van der Waals surface area contributed by atoms with Crippen LogP contribution in [0.15, 0.2) is 40.3 Å². The summed E-state index contributed by atoms with van der Waals surface area (Å²) in [6, 6.07) is 9.82. The molecule has 3 aromatic rings. The number of halogens is 1. The molecule has 3 rings (SSSR count). The van der Waals surface area contributed by atoms with Crippen molar-refractivity contribution < 1.29 is 4.39 Å². The summed E-state index contributed by atoms with van der Waals surface area (Å²) < 4.78 is 12.2. The molecule has 1 N–H and O–H groups in total. The predicted molar refractivity (Wildman–Crippen MR) is 87.1 cm³/mol. The maximum Gasteiger partial charge on any atom is 0.260 e. The van der Waals surface area contributed by atoms with Crippen LogP contribution in [0.25, 0.3) is 21.3 Å². The molecule has 0 spiro atoms. The quantitative estimate of drug-likeness (QED) is 0.583. The zero-order chi connectivity index (χ0) is 14.8. The first-order valence-electron chi connectivity index (χ1n) is 6.48. The van der Waals surface area contributed by atoms with Crippen LogP contribution in [0, 0.1) is 6.92 Å². The predicted octanol–water partition coefficient (Wildman–Crippen LogP) is 4.02. The lowest BCUT2D eigenvalue weighted by atomic mass is 10.0. The highest BCUT2D eigenvalue weighted by Crippen LogP contribution is 2.35. The minimum absolute atomic E-state index is 0.162. The summed E-state index contributed by atoms with van der Waals surface area (Å²) in [7, 11) is 0. The van der Waals surface area contributed by atoms with Crippen LogP contribution in [0.4, 0.5) is 4.39 Å². The van der Waals surface area contributed by atoms with Crippen LogP contribution in [-0.4, -0.2) is 22.4 Å². The number of nitrogens with one attached hydrogen (secondary N) is 1. The van der Waals surface area contributed by atoms with Crippen LogP contribution in [0.5, 0.6) is 0 Å². The molecular weight excluding hydrogens is 307 g/mol. The number of H-pyrrole nitrogens is 1. The van der Waals surface area contributed by atoms with Crippen LogP contribution < -0.4 is 5.56 Å². The van der Waals surface area contributed by atoms with Gasteiger partial charge in [-0.15, -0.1) is 11.3 Å². The lowest BCUT2D eigenvalue weighted by Gasteiger charge is -2.02. The third-order valence-electron chi connectivity index (χ3n) is 3.09. The van der Waals surface area contributed by atoms with Crippen molar-refractivity contribution in [3.05, 3.63) is 45.6 Å². The fraction of sp³-hybridized carbons (Fsp3) is 0.200. The Morgan fingerprint density at radius 3 is 2.81 bits per heavy atom. The van der Waals surface area contributed by atoms with E-state index in [1.165, 1.54) is 23.1 Å². The molecule has 0 fully saturated rings. The molecule has 0 aliphatic heterocycles. The number of fused-ring (bicyclic) bond motifs is 1. The van der Waals surface area contributed by atoms with Crippen LogP contribution >= 0.6 is 23.1 Å². The molecule has 0 radical (unpaired) electrons. The van der Waals surface area contributed by atoms with E-state index in [0.29, 0.717) is 21.1 Å². The molecule has 0 atom stereocenters. The molecule has 3 nitrogen and oxygen atoms in total. The van der Waals surface area contributed by atoms with Crippen LogP contribution in [-0.2, 0) is 0 Å². The van der Waals surface area contributed by atoms with Gasteiger partial charge in [0.2, 0.25) is 0 Å². The van der Waals surface area contributed by atoms with Gasteiger partial charge < -0.3 is 4.98 Å². The van der Waals surface area contributed by atoms with Crippen molar-refractivity contribution in [1.82, 2.24) is 9.97 Å². The average molecular weight is 320 g/mol. The van der Waals surface area contributed by atoms with Gasteiger partial charge in [-0.2, -0.15) is 0 Å². The molecule has 0 amide bonds. The molecule has 0 bridgehead atoms. The van der Waals surface area contributed by atoms with E-state index >= 15 is 0 Å². The molecule has 108 valence electrons. The first kappa shape index (κ1) is 14.3. The lowest BCUT2D eigenvalue weighted by molar-refractivity contribution is 0.532. The van der Waals surface area contributed by atoms with Crippen LogP contribution in [0.2, 0.25) is 0 Å². The smallest absolute Gasteiger partial charge is 0.260 e. The Balaban J connectivity index is 2.19. The van der Waals surface area contributed by atoms with E-state index in [1.54, 1.807) is 0 Å². The second-order valence-electron chi connectivity index (χ2n) is 4.49. The number of aromatic nitrogens is 2. The second kappa shape index (κ2) is 5.99. The van der Waals surface area contributed by atoms with E-state index < -0.39 is 6.67 Å². The fourth-order valence-electron chi connectivity index (χ4n) is 2.26. The molecule has 21 heavy (non-hydrogen) atoms. The van der Waals surface area contributed by atoms with E-state index in [2.05, 4.69) is 9.97 Å².